The maximum atomic E-state index is 12.6. The number of amides is 1. The van der Waals surface area contributed by atoms with Gasteiger partial charge in [-0.15, -0.1) is 0 Å². The minimum absolute atomic E-state index is 0.0320. The van der Waals surface area contributed by atoms with E-state index in [1.54, 1.807) is 12.4 Å². The van der Waals surface area contributed by atoms with Crippen molar-refractivity contribution < 1.29 is 4.79 Å². The molecule has 3 heterocycles. The number of piperazine rings is 1. The number of carbonyl (C=O) groups excluding carboxylic acids is 1. The lowest BCUT2D eigenvalue weighted by Crippen LogP contribution is -2.48. The van der Waals surface area contributed by atoms with Gasteiger partial charge >= 0.3 is 0 Å². The van der Waals surface area contributed by atoms with E-state index in [-0.39, 0.29) is 22.6 Å². The zero-order valence-electron chi connectivity index (χ0n) is 19.0. The van der Waals surface area contributed by atoms with Crippen molar-refractivity contribution in [3.63, 3.8) is 0 Å². The zero-order valence-corrected chi connectivity index (χ0v) is 19.7. The summed E-state index contributed by atoms with van der Waals surface area (Å²) in [6, 6.07) is 14.3. The highest BCUT2D eigenvalue weighted by Crippen LogP contribution is 2.21. The van der Waals surface area contributed by atoms with Crippen LogP contribution in [0.25, 0.3) is 0 Å². The van der Waals surface area contributed by atoms with E-state index in [0.717, 1.165) is 44.8 Å². The number of nitrogens with two attached hydrogens (primary N) is 1. The van der Waals surface area contributed by atoms with Crippen LogP contribution in [0.1, 0.15) is 21.6 Å². The second-order valence-electron chi connectivity index (χ2n) is 8.17. The first-order valence-corrected chi connectivity index (χ1v) is 11.7. The summed E-state index contributed by atoms with van der Waals surface area (Å²) < 4.78 is 0. The Hall–Kier alpha value is -3.27. The Morgan fingerprint density at radius 2 is 1.74 bits per heavy atom. The molecule has 0 atom stereocenters. The first-order chi connectivity index (χ1) is 16.6. The van der Waals surface area contributed by atoms with Crippen LogP contribution in [-0.4, -0.2) is 69.9 Å². The Morgan fingerprint density at radius 3 is 2.47 bits per heavy atom. The van der Waals surface area contributed by atoms with Crippen LogP contribution in [0.2, 0.25) is 5.15 Å². The highest BCUT2D eigenvalue weighted by Gasteiger charge is 2.19. The summed E-state index contributed by atoms with van der Waals surface area (Å²) in [5.74, 6) is -0.0218. The summed E-state index contributed by atoms with van der Waals surface area (Å²) in [6.45, 7) is 6.63. The molecule has 4 rings (SSSR count). The number of nitrogens with zero attached hydrogens (tertiary/aromatic N) is 5. The summed E-state index contributed by atoms with van der Waals surface area (Å²) in [5.41, 5.74) is 8.32. The maximum Gasteiger partial charge on any atom is 0.273 e. The predicted octanol–water partition coefficient (Wildman–Crippen LogP) is 2.27. The molecule has 0 aliphatic carbocycles. The first kappa shape index (κ1) is 23.9. The highest BCUT2D eigenvalue weighted by atomic mass is 35.5. The number of rotatable bonds is 9. The topological polar surface area (TPSA) is 112 Å². The Bertz CT molecular complexity index is 1080. The van der Waals surface area contributed by atoms with E-state index in [1.807, 2.05) is 18.2 Å². The molecule has 1 aliphatic heterocycles. The summed E-state index contributed by atoms with van der Waals surface area (Å²) in [4.78, 5) is 29.8. The van der Waals surface area contributed by atoms with Crippen LogP contribution in [0.3, 0.4) is 0 Å². The number of carbonyl (C=O) groups is 1. The van der Waals surface area contributed by atoms with Crippen molar-refractivity contribution in [2.45, 2.75) is 13.1 Å². The molecule has 1 saturated heterocycles. The number of halogens is 1. The fraction of sp³-hybridized carbons (Fsp3) is 0.333. The third kappa shape index (κ3) is 6.63. The molecule has 1 fully saturated rings. The van der Waals surface area contributed by atoms with Crippen molar-refractivity contribution in [1.29, 1.82) is 0 Å². The van der Waals surface area contributed by atoms with E-state index in [4.69, 9.17) is 17.3 Å². The van der Waals surface area contributed by atoms with Crippen LogP contribution in [0.4, 0.5) is 11.6 Å². The number of hydrogen-bond acceptors (Lipinski definition) is 8. The van der Waals surface area contributed by atoms with Gasteiger partial charge in [-0.1, -0.05) is 48.0 Å². The van der Waals surface area contributed by atoms with E-state index >= 15 is 0 Å². The molecule has 4 N–H and O–H groups in total. The molecule has 1 amide bonds. The van der Waals surface area contributed by atoms with Crippen LogP contribution in [0, 0.1) is 0 Å². The lowest BCUT2D eigenvalue weighted by Gasteiger charge is -2.34. The van der Waals surface area contributed by atoms with Gasteiger partial charge in [-0.2, -0.15) is 0 Å². The summed E-state index contributed by atoms with van der Waals surface area (Å²) in [5, 5.41) is 6.05. The molecule has 1 aromatic carbocycles. The maximum absolute atomic E-state index is 12.6. The summed E-state index contributed by atoms with van der Waals surface area (Å²) in [6.07, 6.45) is 3.44. The van der Waals surface area contributed by atoms with Gasteiger partial charge in [-0.3, -0.25) is 19.6 Å². The van der Waals surface area contributed by atoms with Gasteiger partial charge in [-0.05, 0) is 17.2 Å². The van der Waals surface area contributed by atoms with Crippen LogP contribution in [0.5, 0.6) is 0 Å². The largest absolute Gasteiger partial charge is 0.382 e. The fourth-order valence-corrected chi connectivity index (χ4v) is 4.01. The minimum atomic E-state index is -0.381. The standard InChI is InChI=1S/C24H29ClN8O/c25-21-23(29-16-19-7-4-8-27-15-19)31-22(26)20(30-21)24(34)28-9-10-32-11-13-33(14-12-32)17-18-5-2-1-3-6-18/h1-8,15H,9-14,16-17H2,(H,28,34)(H3,26,29,31). The Balaban J connectivity index is 1.21. The monoisotopic (exact) mass is 480 g/mol. The van der Waals surface area contributed by atoms with Crippen molar-refractivity contribution in [3.05, 3.63) is 76.8 Å². The van der Waals surface area contributed by atoms with Gasteiger partial charge in [0.25, 0.3) is 5.91 Å². The molecule has 0 radical (unpaired) electrons. The van der Waals surface area contributed by atoms with Crippen molar-refractivity contribution in [2.75, 3.05) is 50.3 Å². The number of aromatic nitrogens is 3. The Kier molecular flexibility index (Phi) is 8.24. The SMILES string of the molecule is Nc1nc(NCc2cccnc2)c(Cl)nc1C(=O)NCCN1CCN(Cc2ccccc2)CC1. The van der Waals surface area contributed by atoms with Crippen LogP contribution >= 0.6 is 11.6 Å². The van der Waals surface area contributed by atoms with Gasteiger partial charge in [0.15, 0.2) is 22.5 Å². The molecule has 0 bridgehead atoms. The molecule has 178 valence electrons. The molecule has 0 unspecified atom stereocenters. The molecule has 0 spiro atoms. The third-order valence-corrected chi connectivity index (χ3v) is 5.97. The molecule has 9 nitrogen and oxygen atoms in total. The molecule has 2 aromatic heterocycles. The van der Waals surface area contributed by atoms with Gasteiger partial charge in [-0.25, -0.2) is 9.97 Å². The second kappa shape index (κ2) is 11.7. The van der Waals surface area contributed by atoms with Crippen LogP contribution < -0.4 is 16.4 Å². The highest BCUT2D eigenvalue weighted by molar-refractivity contribution is 6.32. The summed E-state index contributed by atoms with van der Waals surface area (Å²) >= 11 is 6.24. The predicted molar refractivity (Wildman–Crippen MR) is 134 cm³/mol. The molecule has 0 saturated carbocycles. The van der Waals surface area contributed by atoms with E-state index < -0.39 is 0 Å². The summed E-state index contributed by atoms with van der Waals surface area (Å²) in [7, 11) is 0. The fourth-order valence-electron chi connectivity index (χ4n) is 3.82. The smallest absolute Gasteiger partial charge is 0.273 e. The lowest BCUT2D eigenvalue weighted by molar-refractivity contribution is 0.0930. The number of nitrogens with one attached hydrogen (secondary N) is 2. The third-order valence-electron chi connectivity index (χ3n) is 5.71. The van der Waals surface area contributed by atoms with Crippen molar-refractivity contribution >= 4 is 29.1 Å². The van der Waals surface area contributed by atoms with Crippen LogP contribution in [-0.2, 0) is 13.1 Å². The van der Waals surface area contributed by atoms with Crippen molar-refractivity contribution in [3.8, 4) is 0 Å². The molecular weight excluding hydrogens is 452 g/mol. The number of hydrogen-bond donors (Lipinski definition) is 3. The molecule has 1 aliphatic rings. The van der Waals surface area contributed by atoms with E-state index in [2.05, 4.69) is 59.7 Å². The number of anilines is 2. The normalized spacial score (nSPS) is 14.6. The van der Waals surface area contributed by atoms with Gasteiger partial charge in [0.1, 0.15) is 0 Å². The number of nitrogen functional groups attached to an aromatic ring is 1. The molecule has 3 aromatic rings. The van der Waals surface area contributed by atoms with Crippen LogP contribution in [0.15, 0.2) is 54.9 Å². The Morgan fingerprint density at radius 1 is 1.00 bits per heavy atom. The lowest BCUT2D eigenvalue weighted by atomic mass is 10.2. The van der Waals surface area contributed by atoms with Gasteiger partial charge in [0.2, 0.25) is 0 Å². The van der Waals surface area contributed by atoms with Crippen molar-refractivity contribution in [1.82, 2.24) is 30.1 Å². The quantitative estimate of drug-likeness (QED) is 0.427. The van der Waals surface area contributed by atoms with E-state index in [9.17, 15) is 4.79 Å². The van der Waals surface area contributed by atoms with Gasteiger partial charge in [0.05, 0.1) is 0 Å². The average molecular weight is 481 g/mol. The Labute approximate surface area is 204 Å². The average Bonchev–Trinajstić information content (AvgIpc) is 2.86. The molecular formula is C24H29ClN8O. The second-order valence-corrected chi connectivity index (χ2v) is 8.53. The van der Waals surface area contributed by atoms with Gasteiger partial charge in [0, 0.05) is 64.8 Å². The van der Waals surface area contributed by atoms with Gasteiger partial charge < -0.3 is 16.4 Å². The molecule has 10 heteroatoms. The van der Waals surface area contributed by atoms with E-state index in [1.165, 1.54) is 5.56 Å². The van der Waals surface area contributed by atoms with Crippen molar-refractivity contribution in [2.24, 2.45) is 0 Å². The minimum Gasteiger partial charge on any atom is -0.382 e. The molecule has 34 heavy (non-hydrogen) atoms. The number of pyridine rings is 1. The van der Waals surface area contributed by atoms with E-state index in [0.29, 0.717) is 18.9 Å². The zero-order chi connectivity index (χ0) is 23.8. The number of benzene rings is 1. The first-order valence-electron chi connectivity index (χ1n) is 11.3.